The zero-order valence-electron chi connectivity index (χ0n) is 11.7. The van der Waals surface area contributed by atoms with E-state index >= 15 is 0 Å². The molecule has 0 atom stereocenters. The number of pyridine rings is 1. The summed E-state index contributed by atoms with van der Waals surface area (Å²) in [6.45, 7) is 3.98. The van der Waals surface area contributed by atoms with Gasteiger partial charge in [0.2, 0.25) is 0 Å². The average molecular weight is 267 g/mol. The second-order valence-corrected chi connectivity index (χ2v) is 6.15. The Labute approximate surface area is 118 Å². The lowest BCUT2D eigenvalue weighted by Gasteiger charge is -2.29. The van der Waals surface area contributed by atoms with Gasteiger partial charge in [0, 0.05) is 18.2 Å². The third-order valence-corrected chi connectivity index (χ3v) is 3.71. The van der Waals surface area contributed by atoms with Gasteiger partial charge in [-0.2, -0.15) is 0 Å². The van der Waals surface area contributed by atoms with Crippen LogP contribution in [0.1, 0.15) is 32.4 Å². The van der Waals surface area contributed by atoms with Crippen molar-refractivity contribution < 1.29 is 9.90 Å². The van der Waals surface area contributed by atoms with E-state index in [4.69, 9.17) is 0 Å². The molecule has 1 heterocycles. The summed E-state index contributed by atoms with van der Waals surface area (Å²) >= 11 is 0. The fourth-order valence-corrected chi connectivity index (χ4v) is 2.78. The minimum Gasteiger partial charge on any atom is -0.511 e. The number of carbonyl (C=O) groups excluding carboxylic acids is 1. The number of benzene rings is 1. The Hall–Kier alpha value is -2.16. The molecule has 0 saturated carbocycles. The van der Waals surface area contributed by atoms with Crippen molar-refractivity contribution in [3.8, 4) is 0 Å². The summed E-state index contributed by atoms with van der Waals surface area (Å²) in [5, 5.41) is 11.2. The van der Waals surface area contributed by atoms with Crippen LogP contribution in [0.15, 0.2) is 42.2 Å². The Kier molecular flexibility index (Phi) is 2.85. The molecule has 0 spiro atoms. The SMILES string of the molecule is CC1(C)CC(=O)C(c2ccc3ccccc3n2)=C(O)C1. The molecule has 0 saturated heterocycles. The minimum atomic E-state index is -0.179. The molecular weight excluding hydrogens is 250 g/mol. The van der Waals surface area contributed by atoms with Crippen molar-refractivity contribution in [2.45, 2.75) is 26.7 Å². The summed E-state index contributed by atoms with van der Waals surface area (Å²) in [6, 6.07) is 11.5. The van der Waals surface area contributed by atoms with E-state index < -0.39 is 0 Å². The maximum Gasteiger partial charge on any atom is 0.168 e. The third kappa shape index (κ3) is 2.20. The zero-order valence-corrected chi connectivity index (χ0v) is 11.7. The van der Waals surface area contributed by atoms with Gasteiger partial charge in [-0.1, -0.05) is 38.1 Å². The van der Waals surface area contributed by atoms with Crippen molar-refractivity contribution >= 4 is 22.3 Å². The van der Waals surface area contributed by atoms with Crippen molar-refractivity contribution in [2.24, 2.45) is 5.41 Å². The van der Waals surface area contributed by atoms with Crippen molar-refractivity contribution in [1.29, 1.82) is 0 Å². The fraction of sp³-hybridized carbons (Fsp3) is 0.294. The number of ketones is 1. The molecule has 3 rings (SSSR count). The topological polar surface area (TPSA) is 50.2 Å². The van der Waals surface area contributed by atoms with E-state index in [0.717, 1.165) is 10.9 Å². The Bertz CT molecular complexity index is 729. The first kappa shape index (κ1) is 12.9. The highest BCUT2D eigenvalue weighted by Gasteiger charge is 2.34. The number of hydrogen-bond donors (Lipinski definition) is 1. The maximum absolute atomic E-state index is 12.3. The van der Waals surface area contributed by atoms with Crippen molar-refractivity contribution in [1.82, 2.24) is 4.98 Å². The van der Waals surface area contributed by atoms with Crippen LogP contribution in [0.4, 0.5) is 0 Å². The van der Waals surface area contributed by atoms with Crippen molar-refractivity contribution in [3.05, 3.63) is 47.9 Å². The molecule has 3 heteroatoms. The molecule has 0 amide bonds. The second kappa shape index (κ2) is 4.44. The molecular formula is C17H17NO2. The van der Waals surface area contributed by atoms with Crippen LogP contribution in [0.25, 0.3) is 16.5 Å². The van der Waals surface area contributed by atoms with E-state index in [1.807, 2.05) is 50.2 Å². The first-order valence-corrected chi connectivity index (χ1v) is 6.78. The normalized spacial score (nSPS) is 18.6. The number of rotatable bonds is 1. The summed E-state index contributed by atoms with van der Waals surface area (Å²) in [7, 11) is 0. The molecule has 102 valence electrons. The van der Waals surface area contributed by atoms with Gasteiger partial charge in [-0.25, -0.2) is 4.98 Å². The molecule has 1 aromatic heterocycles. The van der Waals surface area contributed by atoms with E-state index in [9.17, 15) is 9.90 Å². The quantitative estimate of drug-likeness (QED) is 0.852. The molecule has 3 nitrogen and oxygen atoms in total. The van der Waals surface area contributed by atoms with Gasteiger partial charge in [-0.3, -0.25) is 4.79 Å². The van der Waals surface area contributed by atoms with Gasteiger partial charge in [0.1, 0.15) is 5.76 Å². The lowest BCUT2D eigenvalue weighted by atomic mass is 9.76. The lowest BCUT2D eigenvalue weighted by molar-refractivity contribution is -0.116. The van der Waals surface area contributed by atoms with E-state index in [2.05, 4.69) is 4.98 Å². The number of nitrogens with zero attached hydrogens (tertiary/aromatic N) is 1. The van der Waals surface area contributed by atoms with E-state index in [-0.39, 0.29) is 17.0 Å². The summed E-state index contributed by atoms with van der Waals surface area (Å²) in [6.07, 6.45) is 0.962. The Balaban J connectivity index is 2.12. The predicted molar refractivity (Wildman–Crippen MR) is 79.3 cm³/mol. The van der Waals surface area contributed by atoms with Crippen LogP contribution in [-0.4, -0.2) is 15.9 Å². The maximum atomic E-state index is 12.3. The van der Waals surface area contributed by atoms with Crippen LogP contribution in [0.5, 0.6) is 0 Å². The predicted octanol–water partition coefficient (Wildman–Crippen LogP) is 3.89. The van der Waals surface area contributed by atoms with E-state index in [0.29, 0.717) is 24.1 Å². The van der Waals surface area contributed by atoms with Crippen LogP contribution < -0.4 is 0 Å². The molecule has 0 bridgehead atoms. The summed E-state index contributed by atoms with van der Waals surface area (Å²) < 4.78 is 0. The number of aromatic nitrogens is 1. The summed E-state index contributed by atoms with van der Waals surface area (Å²) in [4.78, 5) is 16.8. The number of aliphatic hydroxyl groups is 1. The second-order valence-electron chi connectivity index (χ2n) is 6.15. The molecule has 0 unspecified atom stereocenters. The fourth-order valence-electron chi connectivity index (χ4n) is 2.78. The Morgan fingerprint density at radius 2 is 1.85 bits per heavy atom. The largest absolute Gasteiger partial charge is 0.511 e. The van der Waals surface area contributed by atoms with Crippen LogP contribution in [-0.2, 0) is 4.79 Å². The minimum absolute atomic E-state index is 0.0264. The van der Waals surface area contributed by atoms with Gasteiger partial charge >= 0.3 is 0 Å². The molecule has 0 fully saturated rings. The Morgan fingerprint density at radius 1 is 1.10 bits per heavy atom. The average Bonchev–Trinajstić information content (AvgIpc) is 2.36. The van der Waals surface area contributed by atoms with Gasteiger partial charge in [0.15, 0.2) is 5.78 Å². The smallest absolute Gasteiger partial charge is 0.168 e. The number of Topliss-reactive ketones (excluding diaryl/α,β-unsaturated/α-hetero) is 1. The number of allylic oxidation sites excluding steroid dienone is 2. The Morgan fingerprint density at radius 3 is 2.60 bits per heavy atom. The molecule has 2 aromatic rings. The number of hydrogen-bond acceptors (Lipinski definition) is 3. The van der Waals surface area contributed by atoms with Gasteiger partial charge in [-0.05, 0) is 17.5 Å². The van der Waals surface area contributed by atoms with Crippen LogP contribution in [0.3, 0.4) is 0 Å². The highest BCUT2D eigenvalue weighted by molar-refractivity contribution is 6.21. The number of para-hydroxylation sites is 1. The van der Waals surface area contributed by atoms with Gasteiger partial charge in [0.05, 0.1) is 16.8 Å². The highest BCUT2D eigenvalue weighted by Crippen LogP contribution is 2.38. The van der Waals surface area contributed by atoms with Gasteiger partial charge < -0.3 is 5.11 Å². The molecule has 1 aromatic carbocycles. The monoisotopic (exact) mass is 267 g/mol. The zero-order chi connectivity index (χ0) is 14.3. The number of fused-ring (bicyclic) bond motifs is 1. The van der Waals surface area contributed by atoms with Gasteiger partial charge in [0.25, 0.3) is 0 Å². The standard InChI is InChI=1S/C17H17NO2/c1-17(2)9-14(19)16(15(20)10-17)13-8-7-11-5-3-4-6-12(11)18-13/h3-8,19H,9-10H2,1-2H3. The molecule has 1 aliphatic carbocycles. The summed E-state index contributed by atoms with van der Waals surface area (Å²) in [5.41, 5.74) is 1.61. The van der Waals surface area contributed by atoms with Crippen molar-refractivity contribution in [3.63, 3.8) is 0 Å². The van der Waals surface area contributed by atoms with Gasteiger partial charge in [-0.15, -0.1) is 0 Å². The lowest BCUT2D eigenvalue weighted by Crippen LogP contribution is -2.25. The molecule has 20 heavy (non-hydrogen) atoms. The summed E-state index contributed by atoms with van der Waals surface area (Å²) in [5.74, 6) is 0.135. The van der Waals surface area contributed by atoms with Crippen LogP contribution in [0.2, 0.25) is 0 Å². The first-order valence-electron chi connectivity index (χ1n) is 6.78. The van der Waals surface area contributed by atoms with E-state index in [1.165, 1.54) is 0 Å². The molecule has 1 N–H and O–H groups in total. The third-order valence-electron chi connectivity index (χ3n) is 3.71. The van der Waals surface area contributed by atoms with Crippen LogP contribution in [0, 0.1) is 5.41 Å². The molecule has 0 aliphatic heterocycles. The number of aliphatic hydroxyl groups excluding tert-OH is 1. The number of carbonyl (C=O) groups is 1. The van der Waals surface area contributed by atoms with Crippen LogP contribution >= 0.6 is 0 Å². The highest BCUT2D eigenvalue weighted by atomic mass is 16.3. The molecule has 1 aliphatic rings. The van der Waals surface area contributed by atoms with Crippen molar-refractivity contribution in [2.75, 3.05) is 0 Å². The molecule has 0 radical (unpaired) electrons. The first-order chi connectivity index (χ1) is 9.46. The van der Waals surface area contributed by atoms with E-state index in [1.54, 1.807) is 0 Å².